The topological polar surface area (TPSA) is 56.7 Å². The number of imidazole rings is 1. The lowest BCUT2D eigenvalue weighted by Gasteiger charge is -2.18. The molecule has 1 atom stereocenters. The van der Waals surface area contributed by atoms with Crippen LogP contribution in [0.2, 0.25) is 0 Å². The second-order valence-corrected chi connectivity index (χ2v) is 5.17. The molecule has 2 heterocycles. The van der Waals surface area contributed by atoms with Crippen LogP contribution >= 0.6 is 0 Å². The van der Waals surface area contributed by atoms with E-state index in [1.165, 1.54) is 11.1 Å². The first-order valence-corrected chi connectivity index (χ1v) is 6.74. The van der Waals surface area contributed by atoms with Crippen molar-refractivity contribution >= 4 is 17.1 Å². The Hall–Kier alpha value is -2.36. The minimum absolute atomic E-state index is 0.107. The van der Waals surface area contributed by atoms with Gasteiger partial charge < -0.3 is 5.73 Å². The molecule has 0 aliphatic rings. The van der Waals surface area contributed by atoms with Crippen molar-refractivity contribution in [2.75, 3.05) is 5.73 Å². The van der Waals surface area contributed by atoms with Crippen LogP contribution in [-0.2, 0) is 0 Å². The molecule has 20 heavy (non-hydrogen) atoms. The van der Waals surface area contributed by atoms with Gasteiger partial charge in [0.05, 0.1) is 6.04 Å². The molecule has 0 radical (unpaired) electrons. The number of nitrogens with zero attached hydrogens (tertiary/aromatic N) is 3. The quantitative estimate of drug-likeness (QED) is 0.774. The standard InChI is InChI=1S/C16H18N4/c1-10-6-4-5-7-13(10)12(3)20-15-14(19-16(20)17)11(2)8-9-18-15/h4-9,12H,1-3H3,(H2,17,19). The van der Waals surface area contributed by atoms with Crippen molar-refractivity contribution in [2.24, 2.45) is 0 Å². The van der Waals surface area contributed by atoms with Crippen LogP contribution in [-0.4, -0.2) is 14.5 Å². The van der Waals surface area contributed by atoms with Gasteiger partial charge in [-0.25, -0.2) is 9.97 Å². The molecular formula is C16H18N4. The summed E-state index contributed by atoms with van der Waals surface area (Å²) in [6.07, 6.45) is 1.81. The highest BCUT2D eigenvalue weighted by Crippen LogP contribution is 2.28. The lowest BCUT2D eigenvalue weighted by atomic mass is 10.0. The fraction of sp³-hybridized carbons (Fsp3) is 0.250. The number of hydrogen-bond donors (Lipinski definition) is 1. The Balaban J connectivity index is 2.22. The van der Waals surface area contributed by atoms with Crippen molar-refractivity contribution in [3.63, 3.8) is 0 Å². The second kappa shape index (κ2) is 4.63. The molecule has 0 bridgehead atoms. The van der Waals surface area contributed by atoms with E-state index in [1.807, 2.05) is 29.7 Å². The Bertz CT molecular complexity index is 773. The van der Waals surface area contributed by atoms with Gasteiger partial charge >= 0.3 is 0 Å². The molecule has 0 fully saturated rings. The third-order valence-corrected chi connectivity index (χ3v) is 3.83. The van der Waals surface area contributed by atoms with Crippen LogP contribution in [0.25, 0.3) is 11.2 Å². The Morgan fingerprint density at radius 1 is 1.10 bits per heavy atom. The third kappa shape index (κ3) is 1.84. The summed E-state index contributed by atoms with van der Waals surface area (Å²) < 4.78 is 2.00. The van der Waals surface area contributed by atoms with Crippen molar-refractivity contribution in [3.05, 3.63) is 53.2 Å². The van der Waals surface area contributed by atoms with Gasteiger partial charge in [-0.3, -0.25) is 4.57 Å². The van der Waals surface area contributed by atoms with Crippen molar-refractivity contribution in [3.8, 4) is 0 Å². The average molecular weight is 266 g/mol. The van der Waals surface area contributed by atoms with Crippen molar-refractivity contribution in [1.82, 2.24) is 14.5 Å². The number of nitrogens with two attached hydrogens (primary N) is 1. The van der Waals surface area contributed by atoms with Crippen LogP contribution in [0.3, 0.4) is 0 Å². The summed E-state index contributed by atoms with van der Waals surface area (Å²) in [5, 5.41) is 0. The Kier molecular flexibility index (Phi) is 2.93. The summed E-state index contributed by atoms with van der Waals surface area (Å²) in [6.45, 7) is 6.27. The van der Waals surface area contributed by atoms with E-state index >= 15 is 0 Å². The number of benzene rings is 1. The first-order valence-electron chi connectivity index (χ1n) is 6.74. The smallest absolute Gasteiger partial charge is 0.203 e. The van der Waals surface area contributed by atoms with Crippen LogP contribution in [0.4, 0.5) is 5.95 Å². The molecule has 2 aromatic heterocycles. The molecule has 102 valence electrons. The summed E-state index contributed by atoms with van der Waals surface area (Å²) in [6, 6.07) is 10.4. The van der Waals surface area contributed by atoms with E-state index < -0.39 is 0 Å². The molecule has 0 aliphatic carbocycles. The molecule has 2 N–H and O–H groups in total. The molecular weight excluding hydrogens is 248 g/mol. The van der Waals surface area contributed by atoms with Gasteiger partial charge in [0.15, 0.2) is 5.65 Å². The van der Waals surface area contributed by atoms with E-state index in [9.17, 15) is 0 Å². The van der Waals surface area contributed by atoms with Gasteiger partial charge in [-0.2, -0.15) is 0 Å². The van der Waals surface area contributed by atoms with Crippen LogP contribution in [0.1, 0.15) is 29.7 Å². The highest BCUT2D eigenvalue weighted by molar-refractivity contribution is 5.77. The summed E-state index contributed by atoms with van der Waals surface area (Å²) in [7, 11) is 0. The molecule has 3 aromatic rings. The maximum atomic E-state index is 6.12. The maximum Gasteiger partial charge on any atom is 0.203 e. The number of aryl methyl sites for hydroxylation is 2. The molecule has 1 aromatic carbocycles. The van der Waals surface area contributed by atoms with Gasteiger partial charge in [0.25, 0.3) is 0 Å². The number of aromatic nitrogens is 3. The molecule has 0 amide bonds. The minimum atomic E-state index is 0.107. The molecule has 3 rings (SSSR count). The predicted molar refractivity (Wildman–Crippen MR) is 81.7 cm³/mol. The van der Waals surface area contributed by atoms with Gasteiger partial charge in [-0.1, -0.05) is 24.3 Å². The predicted octanol–water partition coefficient (Wildman–Crippen LogP) is 3.24. The third-order valence-electron chi connectivity index (χ3n) is 3.83. The number of anilines is 1. The number of rotatable bonds is 2. The molecule has 4 heteroatoms. The van der Waals surface area contributed by atoms with E-state index in [-0.39, 0.29) is 6.04 Å². The summed E-state index contributed by atoms with van der Waals surface area (Å²) >= 11 is 0. The SMILES string of the molecule is Cc1ccccc1C(C)n1c(N)nc2c(C)ccnc21. The minimum Gasteiger partial charge on any atom is -0.369 e. The van der Waals surface area contributed by atoms with Gasteiger partial charge in [0.2, 0.25) is 5.95 Å². The van der Waals surface area contributed by atoms with E-state index in [0.29, 0.717) is 5.95 Å². The van der Waals surface area contributed by atoms with E-state index in [4.69, 9.17) is 5.73 Å². The molecule has 0 saturated heterocycles. The average Bonchev–Trinajstić information content (AvgIpc) is 2.76. The van der Waals surface area contributed by atoms with Crippen molar-refractivity contribution < 1.29 is 0 Å². The molecule has 0 aliphatic heterocycles. The fourth-order valence-corrected chi connectivity index (χ4v) is 2.70. The molecule has 4 nitrogen and oxygen atoms in total. The lowest BCUT2D eigenvalue weighted by molar-refractivity contribution is 0.658. The van der Waals surface area contributed by atoms with Crippen LogP contribution in [0.15, 0.2) is 36.5 Å². The Morgan fingerprint density at radius 2 is 1.85 bits per heavy atom. The Labute approximate surface area is 118 Å². The summed E-state index contributed by atoms with van der Waals surface area (Å²) in [5.41, 5.74) is 11.4. The fourth-order valence-electron chi connectivity index (χ4n) is 2.70. The molecule has 0 spiro atoms. The number of fused-ring (bicyclic) bond motifs is 1. The number of nitrogen functional groups attached to an aromatic ring is 1. The summed E-state index contributed by atoms with van der Waals surface area (Å²) in [4.78, 5) is 8.93. The highest BCUT2D eigenvalue weighted by Gasteiger charge is 2.18. The lowest BCUT2D eigenvalue weighted by Crippen LogP contribution is -2.11. The summed E-state index contributed by atoms with van der Waals surface area (Å²) in [5.74, 6) is 0.512. The Morgan fingerprint density at radius 3 is 2.60 bits per heavy atom. The number of hydrogen-bond acceptors (Lipinski definition) is 3. The van der Waals surface area contributed by atoms with Crippen molar-refractivity contribution in [1.29, 1.82) is 0 Å². The maximum absolute atomic E-state index is 6.12. The zero-order valence-electron chi connectivity index (χ0n) is 12.0. The molecule has 1 unspecified atom stereocenters. The van der Waals surface area contributed by atoms with E-state index in [1.54, 1.807) is 6.20 Å². The monoisotopic (exact) mass is 266 g/mol. The van der Waals surface area contributed by atoms with Gasteiger partial charge in [-0.05, 0) is 43.5 Å². The van der Waals surface area contributed by atoms with Crippen molar-refractivity contribution in [2.45, 2.75) is 26.8 Å². The first kappa shape index (κ1) is 12.7. The van der Waals surface area contributed by atoms with Gasteiger partial charge in [0.1, 0.15) is 5.52 Å². The van der Waals surface area contributed by atoms with Crippen LogP contribution in [0.5, 0.6) is 0 Å². The van der Waals surface area contributed by atoms with E-state index in [2.05, 4.69) is 35.9 Å². The van der Waals surface area contributed by atoms with Gasteiger partial charge in [-0.15, -0.1) is 0 Å². The normalized spacial score (nSPS) is 12.8. The highest BCUT2D eigenvalue weighted by atomic mass is 15.2. The largest absolute Gasteiger partial charge is 0.369 e. The zero-order valence-corrected chi connectivity index (χ0v) is 12.0. The van der Waals surface area contributed by atoms with Crippen LogP contribution < -0.4 is 5.73 Å². The first-order chi connectivity index (χ1) is 9.59. The molecule has 0 saturated carbocycles. The van der Waals surface area contributed by atoms with Crippen LogP contribution in [0, 0.1) is 13.8 Å². The number of pyridine rings is 1. The van der Waals surface area contributed by atoms with Gasteiger partial charge in [0, 0.05) is 6.20 Å². The van der Waals surface area contributed by atoms with E-state index in [0.717, 1.165) is 16.7 Å². The second-order valence-electron chi connectivity index (χ2n) is 5.17. The zero-order chi connectivity index (χ0) is 14.3.